The molecule has 2 fully saturated rings. The summed E-state index contributed by atoms with van der Waals surface area (Å²) in [6, 6.07) is 1.85. The van der Waals surface area contributed by atoms with Gasteiger partial charge >= 0.3 is 0 Å². The molecule has 1 aromatic carbocycles. The van der Waals surface area contributed by atoms with Gasteiger partial charge in [0.25, 0.3) is 0 Å². The molecule has 2 saturated carbocycles. The lowest BCUT2D eigenvalue weighted by Gasteiger charge is -2.52. The molecule has 0 saturated heterocycles. The minimum absolute atomic E-state index is 0.0117. The van der Waals surface area contributed by atoms with Crippen LogP contribution in [0.4, 0.5) is 0 Å². The molecule has 0 aromatic heterocycles. The average Bonchev–Trinajstić information content (AvgIpc) is 2.80. The van der Waals surface area contributed by atoms with Gasteiger partial charge in [-0.05, 0) is 57.0 Å². The number of rotatable bonds is 3. The first-order valence-corrected chi connectivity index (χ1v) is 12.1. The van der Waals surface area contributed by atoms with Gasteiger partial charge in [-0.2, -0.15) is 0 Å². The number of carbonyl (C=O) groups is 5. The van der Waals surface area contributed by atoms with Crippen molar-refractivity contribution < 1.29 is 34.2 Å². The second-order valence-corrected chi connectivity index (χ2v) is 10.4. The summed E-state index contributed by atoms with van der Waals surface area (Å²) in [7, 11) is 3.10. The minimum Gasteiger partial charge on any atom is -0.507 e. The van der Waals surface area contributed by atoms with E-state index in [1.165, 1.54) is 11.0 Å². The Bertz CT molecular complexity index is 1260. The minimum atomic E-state index is -2.72. The van der Waals surface area contributed by atoms with Crippen molar-refractivity contribution in [3.8, 4) is 17.6 Å². The SMILES string of the molecule is CCC(C)C#Cc1ccc(O)c2c1C[C@H]1C[C@H]3[C@H](N(C)C)C(=O)C(C(N)=O)C(=O)[C@@]3(O)C(=O)C1C2=O. The molecule has 9 nitrogen and oxygen atoms in total. The van der Waals surface area contributed by atoms with Crippen molar-refractivity contribution in [3.63, 3.8) is 0 Å². The lowest BCUT2D eigenvalue weighted by Crippen LogP contribution is -2.74. The number of aliphatic hydroxyl groups is 1. The lowest BCUT2D eigenvalue weighted by atomic mass is 9.52. The molecule has 3 unspecified atom stereocenters. The van der Waals surface area contributed by atoms with E-state index in [9.17, 15) is 34.2 Å². The van der Waals surface area contributed by atoms with Crippen molar-refractivity contribution >= 4 is 29.0 Å². The van der Waals surface area contributed by atoms with E-state index in [-0.39, 0.29) is 30.1 Å². The fraction of sp³-hybridized carbons (Fsp3) is 0.519. The zero-order chi connectivity index (χ0) is 26.7. The molecular formula is C27H30N2O7. The topological polar surface area (TPSA) is 155 Å². The summed E-state index contributed by atoms with van der Waals surface area (Å²) in [6.07, 6.45) is 1.05. The molecule has 1 aromatic rings. The molecule has 4 N–H and O–H groups in total. The Kier molecular flexibility index (Phi) is 6.40. The zero-order valence-electron chi connectivity index (χ0n) is 20.7. The molecule has 0 aliphatic heterocycles. The van der Waals surface area contributed by atoms with Gasteiger partial charge in [-0.1, -0.05) is 25.7 Å². The van der Waals surface area contributed by atoms with Gasteiger partial charge in [0.2, 0.25) is 5.91 Å². The Morgan fingerprint density at radius 1 is 1.22 bits per heavy atom. The van der Waals surface area contributed by atoms with Gasteiger partial charge in [0.15, 0.2) is 34.7 Å². The molecule has 3 aliphatic carbocycles. The van der Waals surface area contributed by atoms with Crippen molar-refractivity contribution in [2.24, 2.45) is 35.3 Å². The predicted molar refractivity (Wildman–Crippen MR) is 128 cm³/mol. The monoisotopic (exact) mass is 494 g/mol. The normalized spacial score (nSPS) is 32.2. The van der Waals surface area contributed by atoms with E-state index in [1.54, 1.807) is 20.2 Å². The maximum atomic E-state index is 13.8. The van der Waals surface area contributed by atoms with Crippen LogP contribution in [0.25, 0.3) is 0 Å². The molecule has 36 heavy (non-hydrogen) atoms. The Hall–Kier alpha value is -3.35. The molecule has 0 spiro atoms. The van der Waals surface area contributed by atoms with Crippen LogP contribution in [0, 0.1) is 41.4 Å². The molecular weight excluding hydrogens is 464 g/mol. The first-order chi connectivity index (χ1) is 16.9. The van der Waals surface area contributed by atoms with Gasteiger partial charge in [-0.15, -0.1) is 0 Å². The van der Waals surface area contributed by atoms with Crippen molar-refractivity contribution in [3.05, 3.63) is 28.8 Å². The number of amides is 1. The maximum absolute atomic E-state index is 13.8. The summed E-state index contributed by atoms with van der Waals surface area (Å²) in [5, 5.41) is 22.1. The van der Waals surface area contributed by atoms with Crippen molar-refractivity contribution in [2.75, 3.05) is 14.1 Å². The Balaban J connectivity index is 1.86. The zero-order valence-corrected chi connectivity index (χ0v) is 20.7. The number of nitrogens with zero attached hydrogens (tertiary/aromatic N) is 1. The van der Waals surface area contributed by atoms with E-state index in [1.807, 2.05) is 13.8 Å². The van der Waals surface area contributed by atoms with Crippen LogP contribution in [0.2, 0.25) is 0 Å². The second-order valence-electron chi connectivity index (χ2n) is 10.4. The summed E-state index contributed by atoms with van der Waals surface area (Å²) in [5.41, 5.74) is 3.64. The van der Waals surface area contributed by atoms with Gasteiger partial charge in [0.05, 0.1) is 17.5 Å². The molecule has 190 valence electrons. The summed E-state index contributed by atoms with van der Waals surface area (Å²) < 4.78 is 0. The van der Waals surface area contributed by atoms with E-state index >= 15 is 0 Å². The number of aromatic hydroxyl groups is 1. The average molecular weight is 495 g/mol. The number of nitrogens with two attached hydrogens (primary N) is 1. The van der Waals surface area contributed by atoms with Crippen LogP contribution < -0.4 is 5.73 Å². The number of primary amides is 1. The number of hydrogen-bond acceptors (Lipinski definition) is 8. The lowest BCUT2D eigenvalue weighted by molar-refractivity contribution is -0.181. The summed E-state index contributed by atoms with van der Waals surface area (Å²) in [4.78, 5) is 67.2. The molecule has 7 atom stereocenters. The molecule has 3 aliphatic rings. The molecule has 9 heteroatoms. The van der Waals surface area contributed by atoms with Crippen LogP contribution in [0.15, 0.2) is 12.1 Å². The summed E-state index contributed by atoms with van der Waals surface area (Å²) >= 11 is 0. The van der Waals surface area contributed by atoms with E-state index in [0.717, 1.165) is 6.42 Å². The third-order valence-electron chi connectivity index (χ3n) is 8.01. The van der Waals surface area contributed by atoms with Crippen LogP contribution in [-0.4, -0.2) is 69.9 Å². The quantitative estimate of drug-likeness (QED) is 0.399. The molecule has 4 rings (SSSR count). The molecule has 1 amide bonds. The number of carbonyl (C=O) groups excluding carboxylic acids is 5. The number of ketones is 4. The Morgan fingerprint density at radius 2 is 1.89 bits per heavy atom. The first kappa shape index (κ1) is 25.7. The molecule has 0 bridgehead atoms. The first-order valence-electron chi connectivity index (χ1n) is 12.1. The van der Waals surface area contributed by atoms with E-state index in [4.69, 9.17) is 5.73 Å². The number of phenols is 1. The number of hydrogen-bond donors (Lipinski definition) is 3. The van der Waals surface area contributed by atoms with E-state index < -0.39 is 64.4 Å². The maximum Gasteiger partial charge on any atom is 0.235 e. The van der Waals surface area contributed by atoms with Crippen LogP contribution in [-0.2, 0) is 25.6 Å². The Labute approximate surface area is 209 Å². The Morgan fingerprint density at radius 3 is 2.47 bits per heavy atom. The van der Waals surface area contributed by atoms with Gasteiger partial charge < -0.3 is 15.9 Å². The van der Waals surface area contributed by atoms with Crippen molar-refractivity contribution in [1.82, 2.24) is 4.90 Å². The highest BCUT2D eigenvalue weighted by Gasteiger charge is 2.69. The third kappa shape index (κ3) is 3.59. The van der Waals surface area contributed by atoms with Crippen LogP contribution in [0.3, 0.4) is 0 Å². The van der Waals surface area contributed by atoms with Gasteiger partial charge in [-0.3, -0.25) is 28.9 Å². The predicted octanol–water partition coefficient (Wildman–Crippen LogP) is 0.265. The highest BCUT2D eigenvalue weighted by molar-refractivity contribution is 6.32. The van der Waals surface area contributed by atoms with Gasteiger partial charge in [-0.25, -0.2) is 0 Å². The van der Waals surface area contributed by atoms with E-state index in [0.29, 0.717) is 11.1 Å². The van der Waals surface area contributed by atoms with Crippen LogP contribution in [0.5, 0.6) is 5.75 Å². The highest BCUT2D eigenvalue weighted by atomic mass is 16.3. The number of likely N-dealkylation sites (N-methyl/N-ethyl adjacent to an activating group) is 1. The van der Waals surface area contributed by atoms with Crippen LogP contribution in [0.1, 0.15) is 48.2 Å². The number of Topliss-reactive ketones (excluding diaryl/α,β-unsaturated/α-hetero) is 4. The number of fused-ring (bicyclic) bond motifs is 3. The summed E-state index contributed by atoms with van der Waals surface area (Å²) in [6.45, 7) is 3.98. The highest BCUT2D eigenvalue weighted by Crippen LogP contribution is 2.50. The summed E-state index contributed by atoms with van der Waals surface area (Å²) in [5.74, 6) is -4.20. The fourth-order valence-corrected chi connectivity index (χ4v) is 6.02. The second kappa shape index (κ2) is 8.95. The third-order valence-corrected chi connectivity index (χ3v) is 8.01. The largest absolute Gasteiger partial charge is 0.507 e. The number of benzene rings is 1. The van der Waals surface area contributed by atoms with Crippen molar-refractivity contribution in [2.45, 2.75) is 44.8 Å². The molecule has 0 heterocycles. The molecule has 0 radical (unpaired) electrons. The van der Waals surface area contributed by atoms with Gasteiger partial charge in [0, 0.05) is 17.4 Å². The fourth-order valence-electron chi connectivity index (χ4n) is 6.02. The number of phenolic OH excluding ortho intramolecular Hbond substituents is 1. The standard InChI is InChI=1S/C27H30N2O7/c1-5-12(2)6-7-13-8-9-17(30)19-15(13)10-14-11-16-21(29(3)4)23(32)20(26(28)35)25(34)27(16,36)24(33)18(14)22(19)31/h8-9,12,14,16,18,20-21,30,36H,5,10-11H2,1-4H3,(H2,28,35)/t12?,14-,16-,18?,20?,21-,27-/m0/s1. The van der Waals surface area contributed by atoms with Crippen LogP contribution >= 0.6 is 0 Å². The smallest absolute Gasteiger partial charge is 0.235 e. The van der Waals surface area contributed by atoms with E-state index in [2.05, 4.69) is 11.8 Å². The van der Waals surface area contributed by atoms with Crippen molar-refractivity contribution in [1.29, 1.82) is 0 Å². The van der Waals surface area contributed by atoms with Gasteiger partial charge in [0.1, 0.15) is 5.75 Å².